The van der Waals surface area contributed by atoms with E-state index in [1.165, 1.54) is 5.56 Å². The molecule has 4 nitrogen and oxygen atoms in total. The number of aromatic nitrogens is 3. The second-order valence-electron chi connectivity index (χ2n) is 13.7. The normalized spacial score (nSPS) is 11.5. The Kier molecular flexibility index (Phi) is 10.4. The van der Waals surface area contributed by atoms with Gasteiger partial charge in [-0.2, -0.15) is 0 Å². The molecule has 0 N–H and O–H groups in total. The number of fused-ring (bicyclic) bond motifs is 4. The van der Waals surface area contributed by atoms with E-state index in [0.29, 0.717) is 5.92 Å². The zero-order valence-corrected chi connectivity index (χ0v) is 33.0. The molecule has 5 aromatic carbocycles. The van der Waals surface area contributed by atoms with Gasteiger partial charge in [0.15, 0.2) is 0 Å². The average molecular weight is 879 g/mol. The molecule has 3 heterocycles. The van der Waals surface area contributed by atoms with Gasteiger partial charge in [0.25, 0.3) is 0 Å². The molecule has 0 spiro atoms. The molecule has 0 bridgehead atoms. The molecule has 0 amide bonds. The number of rotatable bonds is 6. The third-order valence-electron chi connectivity index (χ3n) is 8.54. The summed E-state index contributed by atoms with van der Waals surface area (Å²) in [5.74, 6) is 8.85. The molecule has 0 fully saturated rings. The van der Waals surface area contributed by atoms with Crippen molar-refractivity contribution in [3.63, 3.8) is 0 Å². The van der Waals surface area contributed by atoms with Crippen LogP contribution >= 0.6 is 0 Å². The molecule has 0 unspecified atom stereocenters. The predicted molar refractivity (Wildman–Crippen MR) is 203 cm³/mol. The fraction of sp³-hybridized carbons (Fsp3) is 0.163. The summed E-state index contributed by atoms with van der Waals surface area (Å²) in [5.41, 5.74) is 9.38. The van der Waals surface area contributed by atoms with Crippen LogP contribution < -0.4 is 4.40 Å². The van der Waals surface area contributed by atoms with Crippen molar-refractivity contribution in [1.82, 2.24) is 14.5 Å². The maximum atomic E-state index is 6.08. The molecule has 6 heteroatoms. The number of furan rings is 1. The summed E-state index contributed by atoms with van der Waals surface area (Å²) < 4.78 is 9.79. The summed E-state index contributed by atoms with van der Waals surface area (Å²) in [5, 5.41) is 2.18. The van der Waals surface area contributed by atoms with Gasteiger partial charge in [-0.05, 0) is 35.7 Å². The van der Waals surface area contributed by atoms with Crippen LogP contribution in [0.25, 0.3) is 61.3 Å². The molecule has 8 aromatic rings. The van der Waals surface area contributed by atoms with Gasteiger partial charge >= 0.3 is 126 Å². The number of benzene rings is 5. The molecule has 49 heavy (non-hydrogen) atoms. The van der Waals surface area contributed by atoms with Gasteiger partial charge in [0, 0.05) is 25.8 Å². The topological polar surface area (TPSA) is 43.9 Å². The Morgan fingerprint density at radius 3 is 2.24 bits per heavy atom. The van der Waals surface area contributed by atoms with E-state index in [1.54, 1.807) is 4.40 Å². The van der Waals surface area contributed by atoms with Crippen LogP contribution in [-0.4, -0.2) is 27.8 Å². The van der Waals surface area contributed by atoms with E-state index in [0.717, 1.165) is 67.7 Å². The number of nitrogens with zero attached hydrogens (tertiary/aromatic N) is 3. The van der Waals surface area contributed by atoms with Gasteiger partial charge in [-0.25, -0.2) is 0 Å². The Hall–Kier alpha value is -4.29. The van der Waals surface area contributed by atoms with E-state index < -0.39 is 13.3 Å². The molecule has 3 aromatic heterocycles. The summed E-state index contributed by atoms with van der Waals surface area (Å²) in [6.45, 7) is 4.57. The number of pyridine rings is 1. The van der Waals surface area contributed by atoms with Crippen LogP contribution in [-0.2, 0) is 26.5 Å². The van der Waals surface area contributed by atoms with E-state index in [-0.39, 0.29) is 20.1 Å². The van der Waals surface area contributed by atoms with E-state index >= 15 is 0 Å². The minimum Gasteiger partial charge on any atom is -0.476 e. The molecule has 0 atom stereocenters. The Balaban J connectivity index is 0.000000177. The van der Waals surface area contributed by atoms with Gasteiger partial charge in [-0.3, -0.25) is 4.98 Å². The van der Waals surface area contributed by atoms with Gasteiger partial charge < -0.3 is 8.98 Å². The number of hydrogen-bond acceptors (Lipinski definition) is 3. The fourth-order valence-electron chi connectivity index (χ4n) is 6.32. The summed E-state index contributed by atoms with van der Waals surface area (Å²) in [6, 6.07) is 47.7. The predicted octanol–water partition coefficient (Wildman–Crippen LogP) is 10.7. The number of para-hydroxylation sites is 4. The second kappa shape index (κ2) is 14.7. The second-order valence-corrected chi connectivity index (χ2v) is 24.2. The minimum atomic E-state index is -1.86. The average Bonchev–Trinajstić information content (AvgIpc) is 3.67. The summed E-state index contributed by atoms with van der Waals surface area (Å²) >= 11 is -1.86. The zero-order chi connectivity index (χ0) is 33.3. The van der Waals surface area contributed by atoms with Crippen molar-refractivity contribution in [3.05, 3.63) is 145 Å². The van der Waals surface area contributed by atoms with Gasteiger partial charge in [-0.1, -0.05) is 60.0 Å². The first-order valence-electron chi connectivity index (χ1n) is 16.6. The van der Waals surface area contributed by atoms with Crippen LogP contribution in [0, 0.1) is 18.1 Å². The Morgan fingerprint density at radius 1 is 0.755 bits per heavy atom. The van der Waals surface area contributed by atoms with Crippen LogP contribution in [0.3, 0.4) is 0 Å². The van der Waals surface area contributed by atoms with Crippen LogP contribution in [0.5, 0.6) is 0 Å². The Bertz CT molecular complexity index is 2340. The smallest absolute Gasteiger partial charge is 0.123 e. The molecule has 0 saturated carbocycles. The maximum absolute atomic E-state index is 6.08. The SMILES string of the molecule is CC(C)Cc1cc(-c2[c-]cccc2)nc[c]1[Ge]([CH3])([CH3])[CH3].[Ir].[c-]1cc2c(cc1-c1nc3ccccc3n1-c1ccccc1)oc1ccccc12. The van der Waals surface area contributed by atoms with E-state index in [1.807, 2.05) is 84.9 Å². The van der Waals surface area contributed by atoms with Gasteiger partial charge in [0.2, 0.25) is 0 Å². The van der Waals surface area contributed by atoms with Crippen molar-refractivity contribution in [2.75, 3.05) is 0 Å². The largest absolute Gasteiger partial charge is 0.476 e. The van der Waals surface area contributed by atoms with E-state index in [4.69, 9.17) is 14.4 Å². The first-order chi connectivity index (χ1) is 23.3. The van der Waals surface area contributed by atoms with Crippen LogP contribution in [0.2, 0.25) is 17.3 Å². The van der Waals surface area contributed by atoms with Gasteiger partial charge in [0.05, 0.1) is 22.4 Å². The Labute approximate surface area is 304 Å². The number of imidazole rings is 1. The van der Waals surface area contributed by atoms with Gasteiger partial charge in [0.1, 0.15) is 5.58 Å². The van der Waals surface area contributed by atoms with Crippen molar-refractivity contribution >= 4 is 50.6 Å². The standard InChI is InChI=1S/C25H15N2O.C18H24GeN.Ir/c1-2-8-18(9-3-1)27-22-12-6-5-11-21(22)26-25(27)17-14-15-20-19-10-4-7-13-23(19)28-24(20)16-17;1-14(2)11-16-12-18(15-9-7-6-8-10-15)20-13-17(16)19(3,4)5;/h1-13,15-16H;6-9,12-14H,11H2,1-5H3;/q2*-1;. The van der Waals surface area contributed by atoms with Crippen molar-refractivity contribution < 1.29 is 24.5 Å². The zero-order valence-electron chi connectivity index (χ0n) is 28.5. The van der Waals surface area contributed by atoms with Crippen molar-refractivity contribution in [2.45, 2.75) is 37.5 Å². The first-order valence-corrected chi connectivity index (χ1v) is 23.9. The number of hydrogen-bond donors (Lipinski definition) is 0. The summed E-state index contributed by atoms with van der Waals surface area (Å²) in [7, 11) is 0. The molecule has 0 aliphatic rings. The summed E-state index contributed by atoms with van der Waals surface area (Å²) in [6.07, 6.45) is 3.27. The van der Waals surface area contributed by atoms with Crippen molar-refractivity contribution in [2.24, 2.45) is 5.92 Å². The third-order valence-corrected chi connectivity index (χ3v) is 12.9. The summed E-state index contributed by atoms with van der Waals surface area (Å²) in [4.78, 5) is 9.61. The molecule has 8 rings (SSSR count). The molecule has 0 saturated heterocycles. The monoisotopic (exact) mass is 880 g/mol. The first kappa shape index (κ1) is 34.6. The Morgan fingerprint density at radius 2 is 1.49 bits per heavy atom. The maximum Gasteiger partial charge on any atom is 0.123 e. The molecular formula is C43H39GeIrN3O-2. The molecule has 1 radical (unpaired) electrons. The van der Waals surface area contributed by atoms with Crippen LogP contribution in [0.4, 0.5) is 0 Å². The quantitative estimate of drug-likeness (QED) is 0.123. The van der Waals surface area contributed by atoms with E-state index in [9.17, 15) is 0 Å². The van der Waals surface area contributed by atoms with Crippen LogP contribution in [0.1, 0.15) is 19.4 Å². The molecule has 0 aliphatic carbocycles. The molecule has 0 aliphatic heterocycles. The third kappa shape index (κ3) is 7.35. The van der Waals surface area contributed by atoms with Crippen molar-refractivity contribution in [1.29, 1.82) is 0 Å². The molecular weight excluding hydrogens is 839 g/mol. The van der Waals surface area contributed by atoms with Crippen LogP contribution in [0.15, 0.2) is 132 Å². The fourth-order valence-corrected chi connectivity index (χ4v) is 9.65. The van der Waals surface area contributed by atoms with E-state index in [2.05, 4.69) is 90.4 Å². The molecule has 247 valence electrons. The van der Waals surface area contributed by atoms with Gasteiger partial charge in [-0.15, -0.1) is 17.7 Å². The minimum absolute atomic E-state index is 0. The van der Waals surface area contributed by atoms with Crippen molar-refractivity contribution in [3.8, 4) is 28.3 Å².